The number of nitrogens with one attached hydrogen (secondary N) is 1. The van der Waals surface area contributed by atoms with Gasteiger partial charge in [0, 0.05) is 10.8 Å². The number of rotatable bonds is 12. The molecule has 286 valence electrons. The van der Waals surface area contributed by atoms with Crippen molar-refractivity contribution >= 4 is 17.8 Å². The third-order valence-electron chi connectivity index (χ3n) is 14.2. The van der Waals surface area contributed by atoms with E-state index in [1.54, 1.807) is 13.8 Å². The summed E-state index contributed by atoms with van der Waals surface area (Å²) in [5.41, 5.74) is -1.88. The van der Waals surface area contributed by atoms with Gasteiger partial charge >= 0.3 is 11.9 Å². The van der Waals surface area contributed by atoms with Crippen molar-refractivity contribution in [1.29, 1.82) is 0 Å². The van der Waals surface area contributed by atoms with Crippen molar-refractivity contribution in [1.82, 2.24) is 5.32 Å². The molecule has 6 N–H and O–H groups in total. The Labute approximate surface area is 298 Å². The van der Waals surface area contributed by atoms with Gasteiger partial charge in [0.1, 0.15) is 12.6 Å². The van der Waals surface area contributed by atoms with Gasteiger partial charge in [0.05, 0.1) is 49.5 Å². The van der Waals surface area contributed by atoms with E-state index >= 15 is 0 Å². The van der Waals surface area contributed by atoms with Gasteiger partial charge in [0.15, 0.2) is 0 Å². The molecule has 0 heterocycles. The lowest BCUT2D eigenvalue weighted by Crippen LogP contribution is -2.62. The number of amides is 1. The summed E-state index contributed by atoms with van der Waals surface area (Å²) in [6.45, 7) is 17.3. The maximum absolute atomic E-state index is 13.2. The Morgan fingerprint density at radius 3 is 2.20 bits per heavy atom. The van der Waals surface area contributed by atoms with E-state index in [4.69, 9.17) is 4.74 Å². The van der Waals surface area contributed by atoms with Gasteiger partial charge in [0.25, 0.3) is 0 Å². The van der Waals surface area contributed by atoms with Crippen molar-refractivity contribution in [3.8, 4) is 0 Å². The van der Waals surface area contributed by atoms with Crippen LogP contribution in [0.15, 0.2) is 11.1 Å². The summed E-state index contributed by atoms with van der Waals surface area (Å²) in [6, 6.07) is 0. The van der Waals surface area contributed by atoms with Crippen molar-refractivity contribution in [2.75, 3.05) is 13.7 Å². The number of fused-ring (bicyclic) bond motifs is 4. The fraction of sp³-hybridized carbons (Fsp3) is 0.872. The molecule has 50 heavy (non-hydrogen) atoms. The summed E-state index contributed by atoms with van der Waals surface area (Å²) in [6.07, 6.45) is 1.72. The maximum atomic E-state index is 13.2. The second kappa shape index (κ2) is 14.1. The number of aliphatic hydroxyl groups excluding tert-OH is 3. The zero-order chi connectivity index (χ0) is 37.8. The molecule has 11 atom stereocenters. The van der Waals surface area contributed by atoms with Gasteiger partial charge in [0.2, 0.25) is 5.91 Å². The quantitative estimate of drug-likeness (QED) is 0.128. The summed E-state index contributed by atoms with van der Waals surface area (Å²) in [7, 11) is 1.20. The van der Waals surface area contributed by atoms with Crippen LogP contribution in [0.1, 0.15) is 127 Å². The molecule has 4 aliphatic carbocycles. The summed E-state index contributed by atoms with van der Waals surface area (Å²) < 4.78 is 10.5. The van der Waals surface area contributed by atoms with Gasteiger partial charge in [-0.05, 0) is 101 Å². The normalized spacial score (nSPS) is 37.4. The number of methoxy groups -OCH3 is 1. The highest BCUT2D eigenvalue weighted by Gasteiger charge is 2.67. The van der Waals surface area contributed by atoms with E-state index in [9.17, 15) is 39.9 Å². The molecular weight excluding hydrogens is 642 g/mol. The lowest BCUT2D eigenvalue weighted by Gasteiger charge is -2.64. The zero-order valence-corrected chi connectivity index (χ0v) is 32.1. The second-order valence-corrected chi connectivity index (χ2v) is 18.4. The molecule has 0 saturated heterocycles. The number of hydrogen-bond acceptors (Lipinski definition) is 10. The fourth-order valence-corrected chi connectivity index (χ4v) is 11.2. The van der Waals surface area contributed by atoms with E-state index in [-0.39, 0.29) is 35.1 Å². The predicted molar refractivity (Wildman–Crippen MR) is 187 cm³/mol. The van der Waals surface area contributed by atoms with Crippen molar-refractivity contribution < 1.29 is 49.4 Å². The molecular formula is C39H65NO10. The minimum Gasteiger partial charge on any atom is -0.468 e. The van der Waals surface area contributed by atoms with E-state index in [0.29, 0.717) is 19.3 Å². The van der Waals surface area contributed by atoms with Gasteiger partial charge in [-0.3, -0.25) is 14.4 Å². The lowest BCUT2D eigenvalue weighted by molar-refractivity contribution is -0.198. The number of hydrogen-bond donors (Lipinski definition) is 6. The van der Waals surface area contributed by atoms with Crippen molar-refractivity contribution in [3.63, 3.8) is 0 Å². The van der Waals surface area contributed by atoms with Crippen LogP contribution in [-0.2, 0) is 23.9 Å². The lowest BCUT2D eigenvalue weighted by atomic mass is 9.42. The average molecular weight is 708 g/mol. The Morgan fingerprint density at radius 2 is 1.60 bits per heavy atom. The van der Waals surface area contributed by atoms with Crippen LogP contribution >= 0.6 is 0 Å². The van der Waals surface area contributed by atoms with Crippen molar-refractivity contribution in [3.05, 3.63) is 11.1 Å². The van der Waals surface area contributed by atoms with Crippen LogP contribution in [0.4, 0.5) is 0 Å². The standard InChI is InChI=1S/C39H65NO10/c1-22(11-14-28(42)35(4,5)47)23-15-16-38(8)24-12-13-27-34(2,3)33(26(41)18-37(27,7)25(24)17-29(43)39(23,38)9)50-31(45)20-36(6,48)19-30(44)40-21-32(46)49-10/h22-23,26-29,33,41-43,47-48H,11-21H2,1-10H3,(H,40,44)/t22-,23-,26-,27-,28-,29+,33+,36+,37-,38+,39+/m1/s1. The number of esters is 2. The number of allylic oxidation sites excluding steroid dienone is 1. The Kier molecular flexibility index (Phi) is 11.5. The minimum absolute atomic E-state index is 0.0548. The molecule has 0 aromatic heterocycles. The van der Waals surface area contributed by atoms with Crippen LogP contribution in [0.5, 0.6) is 0 Å². The summed E-state index contributed by atoms with van der Waals surface area (Å²) in [5.74, 6) is -1.40. The molecule has 0 aromatic rings. The second-order valence-electron chi connectivity index (χ2n) is 18.4. The molecule has 1 amide bonds. The predicted octanol–water partition coefficient (Wildman–Crippen LogP) is 3.96. The fourth-order valence-electron chi connectivity index (χ4n) is 11.2. The Balaban J connectivity index is 1.52. The molecule has 11 heteroatoms. The third kappa shape index (κ3) is 7.28. The van der Waals surface area contributed by atoms with Gasteiger partial charge in [-0.25, -0.2) is 0 Å². The van der Waals surface area contributed by atoms with Gasteiger partial charge < -0.3 is 40.3 Å². The van der Waals surface area contributed by atoms with Gasteiger partial charge in [-0.2, -0.15) is 0 Å². The Hall–Kier alpha value is -2.05. The number of aliphatic hydroxyl groups is 5. The molecule has 11 nitrogen and oxygen atoms in total. The van der Waals surface area contributed by atoms with Crippen molar-refractivity contribution in [2.45, 2.75) is 162 Å². The van der Waals surface area contributed by atoms with E-state index < -0.39 is 77.1 Å². The molecule has 0 spiro atoms. The van der Waals surface area contributed by atoms with E-state index in [1.165, 1.54) is 25.2 Å². The molecule has 0 unspecified atom stereocenters. The van der Waals surface area contributed by atoms with Crippen LogP contribution in [0.25, 0.3) is 0 Å². The van der Waals surface area contributed by atoms with Crippen LogP contribution in [0.2, 0.25) is 0 Å². The molecule has 0 aromatic carbocycles. The monoisotopic (exact) mass is 707 g/mol. The molecule has 4 rings (SSSR count). The average Bonchev–Trinajstić information content (AvgIpc) is 3.28. The van der Waals surface area contributed by atoms with Crippen LogP contribution in [0, 0.1) is 39.4 Å². The zero-order valence-electron chi connectivity index (χ0n) is 32.1. The maximum Gasteiger partial charge on any atom is 0.325 e. The highest BCUT2D eigenvalue weighted by molar-refractivity contribution is 5.83. The van der Waals surface area contributed by atoms with E-state index in [0.717, 1.165) is 32.1 Å². The topological polar surface area (TPSA) is 183 Å². The number of carbonyl (C=O) groups is 3. The minimum atomic E-state index is -1.73. The Bertz CT molecular complexity index is 1330. The van der Waals surface area contributed by atoms with Crippen LogP contribution in [0.3, 0.4) is 0 Å². The Morgan fingerprint density at radius 1 is 0.960 bits per heavy atom. The third-order valence-corrected chi connectivity index (χ3v) is 14.2. The van der Waals surface area contributed by atoms with Crippen molar-refractivity contribution in [2.24, 2.45) is 39.4 Å². The SMILES string of the molecule is COC(=O)CNC(=O)C[C@](C)(O)CC(=O)O[C@H]1[C@H](O)C[C@]2(C)C3=C(CC[C@@H]2C1(C)C)[C@]1(C)CC[C@H]([C@H](C)CC[C@@H](O)C(C)(C)O)[C@@]1(C)[C@@H](O)C3. The van der Waals surface area contributed by atoms with Crippen LogP contribution < -0.4 is 5.32 Å². The molecule has 4 aliphatic rings. The summed E-state index contributed by atoms with van der Waals surface area (Å²) >= 11 is 0. The molecule has 0 aliphatic heterocycles. The summed E-state index contributed by atoms with van der Waals surface area (Å²) in [4.78, 5) is 36.8. The molecule has 2 saturated carbocycles. The molecule has 0 radical (unpaired) electrons. The first-order valence-corrected chi connectivity index (χ1v) is 18.6. The number of ether oxygens (including phenoxy) is 2. The largest absolute Gasteiger partial charge is 0.468 e. The van der Waals surface area contributed by atoms with E-state index in [2.05, 4.69) is 37.7 Å². The smallest absolute Gasteiger partial charge is 0.325 e. The van der Waals surface area contributed by atoms with Gasteiger partial charge in [-0.15, -0.1) is 0 Å². The highest BCUT2D eigenvalue weighted by Crippen LogP contribution is 2.72. The van der Waals surface area contributed by atoms with Crippen LogP contribution in [-0.4, -0.2) is 92.7 Å². The first-order chi connectivity index (χ1) is 22.8. The van der Waals surface area contributed by atoms with Gasteiger partial charge in [-0.1, -0.05) is 52.7 Å². The highest BCUT2D eigenvalue weighted by atomic mass is 16.6. The van der Waals surface area contributed by atoms with E-state index in [1.807, 2.05) is 13.8 Å². The first-order valence-electron chi connectivity index (χ1n) is 18.6. The molecule has 2 fully saturated rings. The first kappa shape index (κ1) is 40.7. The molecule has 0 bridgehead atoms. The summed E-state index contributed by atoms with van der Waals surface area (Å²) in [5, 5.41) is 57.9. The number of carbonyl (C=O) groups excluding carboxylic acids is 3.